The molecule has 0 saturated carbocycles. The van der Waals surface area contributed by atoms with Crippen LogP contribution < -0.4 is 10.1 Å². The Morgan fingerprint density at radius 1 is 1.56 bits per heavy atom. The number of hydrogen-bond donors (Lipinski definition) is 1. The minimum absolute atomic E-state index is 0.429. The zero-order valence-electron chi connectivity index (χ0n) is 9.79. The second-order valence-corrected chi connectivity index (χ2v) is 4.18. The molecule has 0 spiro atoms. The van der Waals surface area contributed by atoms with Crippen molar-refractivity contribution in [1.82, 2.24) is 5.32 Å². The highest BCUT2D eigenvalue weighted by molar-refractivity contribution is 6.32. The first-order valence-electron chi connectivity index (χ1n) is 5.34. The monoisotopic (exact) mass is 239 g/mol. The Balaban J connectivity index is 2.54. The molecule has 0 aliphatic rings. The number of halogens is 1. The van der Waals surface area contributed by atoms with Gasteiger partial charge < -0.3 is 10.1 Å². The van der Waals surface area contributed by atoms with Gasteiger partial charge in [-0.25, -0.2) is 0 Å². The van der Waals surface area contributed by atoms with Crippen molar-refractivity contribution in [3.05, 3.63) is 41.4 Å². The van der Waals surface area contributed by atoms with E-state index in [9.17, 15) is 0 Å². The van der Waals surface area contributed by atoms with Gasteiger partial charge in [-0.2, -0.15) is 0 Å². The Hall–Kier alpha value is -0.990. The third-order valence-electron chi connectivity index (χ3n) is 2.39. The van der Waals surface area contributed by atoms with Gasteiger partial charge in [0.25, 0.3) is 0 Å². The molecule has 0 aliphatic carbocycles. The highest BCUT2D eigenvalue weighted by atomic mass is 35.5. The summed E-state index contributed by atoms with van der Waals surface area (Å²) in [5.41, 5.74) is 1.15. The van der Waals surface area contributed by atoms with Gasteiger partial charge in [0.2, 0.25) is 0 Å². The normalized spacial score (nSPS) is 12.2. The summed E-state index contributed by atoms with van der Waals surface area (Å²) in [7, 11) is 1.62. The van der Waals surface area contributed by atoms with Crippen molar-refractivity contribution in [2.75, 3.05) is 7.11 Å². The topological polar surface area (TPSA) is 21.3 Å². The standard InChI is InChI=1S/C13H18ClNO/c1-4-5-10(2)15-9-11-6-7-13(16-3)12(14)8-11/h4,6-8,10,15H,1,5,9H2,2-3H3. The van der Waals surface area contributed by atoms with Crippen LogP contribution in [0.1, 0.15) is 18.9 Å². The molecule has 0 aliphatic heterocycles. The molecule has 0 fully saturated rings. The number of methoxy groups -OCH3 is 1. The maximum absolute atomic E-state index is 6.04. The Labute approximate surface area is 102 Å². The maximum Gasteiger partial charge on any atom is 0.137 e. The third kappa shape index (κ3) is 3.87. The van der Waals surface area contributed by atoms with Crippen molar-refractivity contribution in [3.63, 3.8) is 0 Å². The second kappa shape index (κ2) is 6.56. The molecule has 3 heteroatoms. The first-order chi connectivity index (χ1) is 7.67. The number of nitrogens with one attached hydrogen (secondary N) is 1. The van der Waals surface area contributed by atoms with Crippen LogP contribution in [0.4, 0.5) is 0 Å². The SMILES string of the molecule is C=CCC(C)NCc1ccc(OC)c(Cl)c1. The maximum atomic E-state index is 6.04. The van der Waals surface area contributed by atoms with Crippen LogP contribution in [0.2, 0.25) is 5.02 Å². The molecular weight excluding hydrogens is 222 g/mol. The zero-order chi connectivity index (χ0) is 12.0. The molecule has 0 amide bonds. The molecule has 1 aromatic rings. The summed E-state index contributed by atoms with van der Waals surface area (Å²) < 4.78 is 5.10. The van der Waals surface area contributed by atoms with E-state index in [0.29, 0.717) is 16.8 Å². The van der Waals surface area contributed by atoms with Crippen LogP contribution >= 0.6 is 11.6 Å². The molecule has 0 aromatic heterocycles. The average Bonchev–Trinajstić information content (AvgIpc) is 2.27. The van der Waals surface area contributed by atoms with E-state index in [0.717, 1.165) is 18.5 Å². The summed E-state index contributed by atoms with van der Waals surface area (Å²) in [5, 5.41) is 4.04. The lowest BCUT2D eigenvalue weighted by Crippen LogP contribution is -2.24. The van der Waals surface area contributed by atoms with Crippen LogP contribution in [-0.4, -0.2) is 13.2 Å². The van der Waals surface area contributed by atoms with Crippen LogP contribution in [0.3, 0.4) is 0 Å². The third-order valence-corrected chi connectivity index (χ3v) is 2.69. The summed E-state index contributed by atoms with van der Waals surface area (Å²) >= 11 is 6.04. The summed E-state index contributed by atoms with van der Waals surface area (Å²) in [6, 6.07) is 6.25. The van der Waals surface area contributed by atoms with Gasteiger partial charge in [-0.05, 0) is 31.0 Å². The van der Waals surface area contributed by atoms with Crippen molar-refractivity contribution in [2.45, 2.75) is 25.9 Å². The van der Waals surface area contributed by atoms with E-state index >= 15 is 0 Å². The Morgan fingerprint density at radius 3 is 2.88 bits per heavy atom. The van der Waals surface area contributed by atoms with Crippen LogP contribution in [0, 0.1) is 0 Å². The van der Waals surface area contributed by atoms with Gasteiger partial charge >= 0.3 is 0 Å². The Kier molecular flexibility index (Phi) is 5.36. The van der Waals surface area contributed by atoms with E-state index in [1.807, 2.05) is 24.3 Å². The molecule has 88 valence electrons. The van der Waals surface area contributed by atoms with Gasteiger partial charge in [0.05, 0.1) is 12.1 Å². The zero-order valence-corrected chi connectivity index (χ0v) is 10.6. The largest absolute Gasteiger partial charge is 0.495 e. The van der Waals surface area contributed by atoms with Gasteiger partial charge in [-0.15, -0.1) is 6.58 Å². The van der Waals surface area contributed by atoms with Gasteiger partial charge in [-0.3, -0.25) is 0 Å². The van der Waals surface area contributed by atoms with Crippen molar-refractivity contribution in [1.29, 1.82) is 0 Å². The summed E-state index contributed by atoms with van der Waals surface area (Å²) in [6.07, 6.45) is 2.88. The molecule has 0 heterocycles. The second-order valence-electron chi connectivity index (χ2n) is 3.78. The number of hydrogen-bond acceptors (Lipinski definition) is 2. The van der Waals surface area contributed by atoms with Crippen molar-refractivity contribution < 1.29 is 4.74 Å². The van der Waals surface area contributed by atoms with E-state index in [1.54, 1.807) is 7.11 Å². The molecule has 1 rings (SSSR count). The highest BCUT2D eigenvalue weighted by Gasteiger charge is 2.03. The van der Waals surface area contributed by atoms with Gasteiger partial charge in [0.1, 0.15) is 5.75 Å². The minimum Gasteiger partial charge on any atom is -0.495 e. The summed E-state index contributed by atoms with van der Waals surface area (Å²) in [6.45, 7) is 6.65. The van der Waals surface area contributed by atoms with Crippen molar-refractivity contribution >= 4 is 11.6 Å². The highest BCUT2D eigenvalue weighted by Crippen LogP contribution is 2.24. The van der Waals surface area contributed by atoms with Crippen LogP contribution in [0.15, 0.2) is 30.9 Å². The van der Waals surface area contributed by atoms with Gasteiger partial charge in [0.15, 0.2) is 0 Å². The summed E-state index contributed by atoms with van der Waals surface area (Å²) in [5.74, 6) is 0.713. The smallest absolute Gasteiger partial charge is 0.137 e. The first-order valence-corrected chi connectivity index (χ1v) is 5.72. The molecule has 0 bridgehead atoms. The first kappa shape index (κ1) is 13.1. The number of benzene rings is 1. The molecule has 0 saturated heterocycles. The predicted molar refractivity (Wildman–Crippen MR) is 69.1 cm³/mol. The minimum atomic E-state index is 0.429. The van der Waals surface area contributed by atoms with E-state index < -0.39 is 0 Å². The lowest BCUT2D eigenvalue weighted by atomic mass is 10.2. The molecule has 1 atom stereocenters. The lowest BCUT2D eigenvalue weighted by Gasteiger charge is -2.12. The molecule has 1 N–H and O–H groups in total. The molecule has 1 unspecified atom stereocenters. The fourth-order valence-corrected chi connectivity index (χ4v) is 1.73. The number of rotatable bonds is 6. The fraction of sp³-hybridized carbons (Fsp3) is 0.385. The van der Waals surface area contributed by atoms with Crippen LogP contribution in [-0.2, 0) is 6.54 Å². The average molecular weight is 240 g/mol. The molecular formula is C13H18ClNO. The molecule has 16 heavy (non-hydrogen) atoms. The van der Waals surface area contributed by atoms with E-state index in [2.05, 4.69) is 18.8 Å². The van der Waals surface area contributed by atoms with Gasteiger partial charge in [0, 0.05) is 12.6 Å². The van der Waals surface area contributed by atoms with Crippen molar-refractivity contribution in [2.24, 2.45) is 0 Å². The molecule has 1 aromatic carbocycles. The summed E-state index contributed by atoms with van der Waals surface area (Å²) in [4.78, 5) is 0. The predicted octanol–water partition coefficient (Wildman–Crippen LogP) is 3.40. The van der Waals surface area contributed by atoms with E-state index in [4.69, 9.17) is 16.3 Å². The van der Waals surface area contributed by atoms with Crippen LogP contribution in [0.5, 0.6) is 5.75 Å². The van der Waals surface area contributed by atoms with E-state index in [-0.39, 0.29) is 0 Å². The lowest BCUT2D eigenvalue weighted by molar-refractivity contribution is 0.414. The van der Waals surface area contributed by atoms with Gasteiger partial charge in [-0.1, -0.05) is 23.7 Å². The number of ether oxygens (including phenoxy) is 1. The molecule has 2 nitrogen and oxygen atoms in total. The Bertz CT molecular complexity index is 352. The van der Waals surface area contributed by atoms with Crippen LogP contribution in [0.25, 0.3) is 0 Å². The fourth-order valence-electron chi connectivity index (χ4n) is 1.45. The van der Waals surface area contributed by atoms with E-state index in [1.165, 1.54) is 0 Å². The Morgan fingerprint density at radius 2 is 2.31 bits per heavy atom. The molecule has 0 radical (unpaired) electrons. The van der Waals surface area contributed by atoms with Crippen molar-refractivity contribution in [3.8, 4) is 5.75 Å². The quantitative estimate of drug-likeness (QED) is 0.769.